The lowest BCUT2D eigenvalue weighted by Crippen LogP contribution is -2.47. The minimum absolute atomic E-state index is 0.158. The van der Waals surface area contributed by atoms with E-state index in [1.165, 1.54) is 0 Å². The lowest BCUT2D eigenvalue weighted by Gasteiger charge is -2.31. The number of nitrogens with zero attached hydrogens (tertiary/aromatic N) is 1. The Morgan fingerprint density at radius 3 is 2.67 bits per heavy atom. The van der Waals surface area contributed by atoms with Crippen molar-refractivity contribution >= 4 is 16.7 Å². The summed E-state index contributed by atoms with van der Waals surface area (Å²) >= 11 is 0. The van der Waals surface area contributed by atoms with Crippen molar-refractivity contribution in [1.29, 1.82) is 0 Å². The zero-order valence-corrected chi connectivity index (χ0v) is 9.72. The summed E-state index contributed by atoms with van der Waals surface area (Å²) in [7, 11) is -0.692. The molecule has 0 saturated carbocycles. The van der Waals surface area contributed by atoms with E-state index in [-0.39, 0.29) is 11.8 Å². The van der Waals surface area contributed by atoms with Gasteiger partial charge in [-0.05, 0) is 19.4 Å². The summed E-state index contributed by atoms with van der Waals surface area (Å²) < 4.78 is 11.2. The Bertz CT molecular complexity index is 254. The number of piperidine rings is 1. The van der Waals surface area contributed by atoms with Crippen LogP contribution in [-0.4, -0.2) is 52.7 Å². The van der Waals surface area contributed by atoms with Crippen molar-refractivity contribution in [3.8, 4) is 0 Å². The molecule has 0 bridgehead atoms. The van der Waals surface area contributed by atoms with Gasteiger partial charge in [0.25, 0.3) is 0 Å². The molecule has 0 spiro atoms. The fraction of sp³-hybridized carbons (Fsp3) is 0.900. The summed E-state index contributed by atoms with van der Waals surface area (Å²) in [4.78, 5) is 13.9. The average Bonchev–Trinajstić information content (AvgIpc) is 2.30. The lowest BCUT2D eigenvalue weighted by atomic mass is 9.98. The van der Waals surface area contributed by atoms with E-state index in [1.807, 2.05) is 4.90 Å². The molecule has 0 aromatic carbocycles. The van der Waals surface area contributed by atoms with Gasteiger partial charge in [-0.15, -0.1) is 0 Å². The molecule has 2 aliphatic heterocycles. The molecular weight excluding hydrogens is 212 g/mol. The van der Waals surface area contributed by atoms with Gasteiger partial charge in [0, 0.05) is 41.9 Å². The molecule has 2 fully saturated rings. The molecule has 1 amide bonds. The molecule has 2 rings (SSSR count). The number of nitrogens with one attached hydrogen (secondary N) is 1. The zero-order chi connectivity index (χ0) is 10.7. The van der Waals surface area contributed by atoms with Crippen molar-refractivity contribution < 1.29 is 9.00 Å². The van der Waals surface area contributed by atoms with E-state index in [9.17, 15) is 9.00 Å². The minimum Gasteiger partial charge on any atom is -0.341 e. The average molecular weight is 230 g/mol. The van der Waals surface area contributed by atoms with Gasteiger partial charge in [-0.2, -0.15) is 0 Å². The summed E-state index contributed by atoms with van der Waals surface area (Å²) in [5.41, 5.74) is 0. The van der Waals surface area contributed by atoms with E-state index in [4.69, 9.17) is 0 Å². The quantitative estimate of drug-likeness (QED) is 0.665. The van der Waals surface area contributed by atoms with Crippen molar-refractivity contribution in [2.75, 3.05) is 37.7 Å². The van der Waals surface area contributed by atoms with Crippen molar-refractivity contribution in [3.05, 3.63) is 0 Å². The Morgan fingerprint density at radius 2 is 2.07 bits per heavy atom. The number of carbonyl (C=O) groups is 1. The number of hydrogen-bond donors (Lipinski definition) is 1. The van der Waals surface area contributed by atoms with Gasteiger partial charge >= 0.3 is 0 Å². The molecule has 0 aromatic heterocycles. The highest BCUT2D eigenvalue weighted by atomic mass is 32.2. The second-order valence-electron chi connectivity index (χ2n) is 4.22. The van der Waals surface area contributed by atoms with Crippen LogP contribution in [0, 0.1) is 5.92 Å². The monoisotopic (exact) mass is 230 g/mol. The number of hydrogen-bond acceptors (Lipinski definition) is 3. The Morgan fingerprint density at radius 1 is 1.33 bits per heavy atom. The third kappa shape index (κ3) is 2.78. The van der Waals surface area contributed by atoms with E-state index in [1.54, 1.807) is 0 Å². The van der Waals surface area contributed by atoms with Crippen LogP contribution in [0.25, 0.3) is 0 Å². The SMILES string of the molecule is O=C([C@H]1CCCNC1)N1CCS(=O)CC1. The van der Waals surface area contributed by atoms with Crippen molar-refractivity contribution in [2.24, 2.45) is 5.92 Å². The number of carbonyl (C=O) groups excluding carboxylic acids is 1. The van der Waals surface area contributed by atoms with Gasteiger partial charge in [0.05, 0.1) is 5.92 Å². The standard InChI is InChI=1S/C10H18N2O2S/c13-10(9-2-1-3-11-8-9)12-4-6-15(14)7-5-12/h9,11H,1-8H2/t9-/m0/s1. The fourth-order valence-electron chi connectivity index (χ4n) is 2.18. The largest absolute Gasteiger partial charge is 0.341 e. The van der Waals surface area contributed by atoms with Crippen LogP contribution < -0.4 is 5.32 Å². The molecule has 15 heavy (non-hydrogen) atoms. The van der Waals surface area contributed by atoms with Crippen molar-refractivity contribution in [1.82, 2.24) is 10.2 Å². The summed E-state index contributed by atoms with van der Waals surface area (Å²) in [5.74, 6) is 1.74. The maximum absolute atomic E-state index is 12.0. The van der Waals surface area contributed by atoms with E-state index in [0.717, 1.165) is 25.9 Å². The van der Waals surface area contributed by atoms with Crippen LogP contribution in [0.5, 0.6) is 0 Å². The maximum Gasteiger partial charge on any atom is 0.227 e. The molecule has 1 atom stereocenters. The van der Waals surface area contributed by atoms with Gasteiger partial charge in [0.1, 0.15) is 0 Å². The Labute approximate surface area is 92.9 Å². The number of rotatable bonds is 1. The topological polar surface area (TPSA) is 49.4 Å². The summed E-state index contributed by atoms with van der Waals surface area (Å²) in [6, 6.07) is 0. The van der Waals surface area contributed by atoms with E-state index >= 15 is 0 Å². The molecule has 2 heterocycles. The van der Waals surface area contributed by atoms with Crippen molar-refractivity contribution in [3.63, 3.8) is 0 Å². The summed E-state index contributed by atoms with van der Waals surface area (Å²) in [6.45, 7) is 3.22. The molecule has 86 valence electrons. The minimum atomic E-state index is -0.692. The Kier molecular flexibility index (Phi) is 3.75. The second kappa shape index (κ2) is 5.07. The predicted octanol–water partition coefficient (Wildman–Crippen LogP) is -0.423. The molecule has 1 N–H and O–H groups in total. The smallest absolute Gasteiger partial charge is 0.227 e. The van der Waals surface area contributed by atoms with Crippen LogP contribution in [-0.2, 0) is 15.6 Å². The molecule has 0 aromatic rings. The third-order valence-corrected chi connectivity index (χ3v) is 4.41. The van der Waals surface area contributed by atoms with E-state index < -0.39 is 10.8 Å². The second-order valence-corrected chi connectivity index (χ2v) is 5.91. The molecule has 0 unspecified atom stereocenters. The fourth-order valence-corrected chi connectivity index (χ4v) is 3.23. The first-order chi connectivity index (χ1) is 7.27. The first-order valence-corrected chi connectivity index (χ1v) is 7.10. The van der Waals surface area contributed by atoms with Crippen LogP contribution in [0.1, 0.15) is 12.8 Å². The first-order valence-electron chi connectivity index (χ1n) is 5.62. The molecule has 5 heteroatoms. The van der Waals surface area contributed by atoms with E-state index in [0.29, 0.717) is 24.6 Å². The molecule has 0 aliphatic carbocycles. The molecule has 0 radical (unpaired) electrons. The van der Waals surface area contributed by atoms with Crippen molar-refractivity contribution in [2.45, 2.75) is 12.8 Å². The molecule has 4 nitrogen and oxygen atoms in total. The number of amides is 1. The highest BCUT2D eigenvalue weighted by molar-refractivity contribution is 7.85. The lowest BCUT2D eigenvalue weighted by molar-refractivity contribution is -0.135. The van der Waals surface area contributed by atoms with Gasteiger partial charge in [0.2, 0.25) is 5.91 Å². The normalized spacial score (nSPS) is 29.1. The van der Waals surface area contributed by atoms with E-state index in [2.05, 4.69) is 5.32 Å². The van der Waals surface area contributed by atoms with Crippen LogP contribution >= 0.6 is 0 Å². The van der Waals surface area contributed by atoms with Crippen LogP contribution in [0.2, 0.25) is 0 Å². The summed E-state index contributed by atoms with van der Waals surface area (Å²) in [6.07, 6.45) is 2.10. The van der Waals surface area contributed by atoms with Gasteiger partial charge < -0.3 is 10.2 Å². The van der Waals surface area contributed by atoms with Crippen LogP contribution in [0.4, 0.5) is 0 Å². The van der Waals surface area contributed by atoms with Gasteiger partial charge in [0.15, 0.2) is 0 Å². The van der Waals surface area contributed by atoms with Gasteiger partial charge in [-0.3, -0.25) is 9.00 Å². The molecule has 2 aliphatic rings. The van der Waals surface area contributed by atoms with Crippen LogP contribution in [0.15, 0.2) is 0 Å². The maximum atomic E-state index is 12.0. The highest BCUT2D eigenvalue weighted by Gasteiger charge is 2.27. The molecular formula is C10H18N2O2S. The molecule has 2 saturated heterocycles. The Balaban J connectivity index is 1.86. The van der Waals surface area contributed by atoms with Gasteiger partial charge in [-0.25, -0.2) is 0 Å². The Hall–Kier alpha value is -0.420. The first kappa shape index (κ1) is 11.1. The van der Waals surface area contributed by atoms with Crippen LogP contribution in [0.3, 0.4) is 0 Å². The van der Waals surface area contributed by atoms with Gasteiger partial charge in [-0.1, -0.05) is 0 Å². The zero-order valence-electron chi connectivity index (χ0n) is 8.91. The predicted molar refractivity (Wildman–Crippen MR) is 60.1 cm³/mol. The third-order valence-electron chi connectivity index (χ3n) is 3.14. The highest BCUT2D eigenvalue weighted by Crippen LogP contribution is 2.14. The summed E-state index contributed by atoms with van der Waals surface area (Å²) in [5, 5.41) is 3.26.